The number of aliphatic hydroxyl groups excluding tert-OH is 1. The van der Waals surface area contributed by atoms with E-state index in [-0.39, 0.29) is 11.4 Å². The molecule has 2 aromatic carbocycles. The number of hydrogen-bond acceptors (Lipinski definition) is 3. The molecule has 0 heterocycles. The van der Waals surface area contributed by atoms with Crippen LogP contribution in [-0.4, -0.2) is 22.0 Å². The first-order chi connectivity index (χ1) is 10.4. The van der Waals surface area contributed by atoms with Crippen LogP contribution in [0, 0.1) is 0 Å². The topological polar surface area (TPSA) is 74.6 Å². The maximum atomic E-state index is 11.9. The monoisotopic (exact) mass is 298 g/mol. The van der Waals surface area contributed by atoms with Gasteiger partial charge >= 0.3 is 5.97 Å². The van der Waals surface area contributed by atoms with Gasteiger partial charge in [-0.15, -0.1) is 0 Å². The van der Waals surface area contributed by atoms with Gasteiger partial charge in [0.1, 0.15) is 6.10 Å². The lowest BCUT2D eigenvalue weighted by Crippen LogP contribution is -2.11. The predicted molar refractivity (Wildman–Crippen MR) is 84.6 cm³/mol. The minimum absolute atomic E-state index is 0.176. The van der Waals surface area contributed by atoms with Crippen LogP contribution in [0.25, 0.3) is 0 Å². The highest BCUT2D eigenvalue weighted by Gasteiger charge is 2.18. The second-order valence-electron chi connectivity index (χ2n) is 4.63. The molecule has 22 heavy (non-hydrogen) atoms. The third-order valence-corrected chi connectivity index (χ3v) is 2.79. The summed E-state index contributed by atoms with van der Waals surface area (Å²) in [5.74, 6) is -1.21. The standard InChI is InChI=1S/C14H12O2.C4H6O2/c15-13(11-7-3-1-4-8-11)14(16)12-9-5-2-6-10-12;1-3(2)4(5)6/h1-10,13,15H;1H2,2H3,(H,5,6). The van der Waals surface area contributed by atoms with Crippen molar-refractivity contribution in [2.45, 2.75) is 13.0 Å². The van der Waals surface area contributed by atoms with E-state index in [9.17, 15) is 14.7 Å². The highest BCUT2D eigenvalue weighted by Crippen LogP contribution is 2.17. The van der Waals surface area contributed by atoms with Gasteiger partial charge in [-0.1, -0.05) is 67.2 Å². The van der Waals surface area contributed by atoms with Crippen molar-refractivity contribution in [1.82, 2.24) is 0 Å². The van der Waals surface area contributed by atoms with E-state index in [1.165, 1.54) is 6.92 Å². The Hall–Kier alpha value is -2.72. The van der Waals surface area contributed by atoms with Gasteiger partial charge in [0.2, 0.25) is 0 Å². The van der Waals surface area contributed by atoms with Crippen LogP contribution < -0.4 is 0 Å². The molecule has 1 unspecified atom stereocenters. The number of hydrogen-bond donors (Lipinski definition) is 2. The minimum atomic E-state index is -1.08. The van der Waals surface area contributed by atoms with Crippen LogP contribution in [0.2, 0.25) is 0 Å². The van der Waals surface area contributed by atoms with E-state index >= 15 is 0 Å². The molecule has 114 valence electrons. The third-order valence-electron chi connectivity index (χ3n) is 2.79. The molecule has 0 spiro atoms. The Balaban J connectivity index is 0.000000346. The van der Waals surface area contributed by atoms with Crippen LogP contribution >= 0.6 is 0 Å². The van der Waals surface area contributed by atoms with Gasteiger partial charge < -0.3 is 10.2 Å². The van der Waals surface area contributed by atoms with E-state index in [1.54, 1.807) is 48.5 Å². The van der Waals surface area contributed by atoms with Gasteiger partial charge in [-0.2, -0.15) is 0 Å². The van der Waals surface area contributed by atoms with Gasteiger partial charge in [0, 0.05) is 11.1 Å². The lowest BCUT2D eigenvalue weighted by Gasteiger charge is -2.09. The second-order valence-corrected chi connectivity index (χ2v) is 4.63. The van der Waals surface area contributed by atoms with Crippen LogP contribution in [0.1, 0.15) is 28.9 Å². The number of Topliss-reactive ketones (excluding diaryl/α,β-unsaturated/α-hetero) is 1. The average molecular weight is 298 g/mol. The van der Waals surface area contributed by atoms with Crippen LogP contribution in [0.5, 0.6) is 0 Å². The molecule has 2 aromatic rings. The molecule has 4 nitrogen and oxygen atoms in total. The van der Waals surface area contributed by atoms with E-state index in [2.05, 4.69) is 6.58 Å². The summed E-state index contributed by atoms with van der Waals surface area (Å²) in [5, 5.41) is 17.8. The Morgan fingerprint density at radius 3 is 1.77 bits per heavy atom. The summed E-state index contributed by atoms with van der Waals surface area (Å²) in [5.41, 5.74) is 1.32. The molecule has 0 aliphatic carbocycles. The smallest absolute Gasteiger partial charge is 0.330 e. The van der Waals surface area contributed by atoms with Crippen molar-refractivity contribution in [3.63, 3.8) is 0 Å². The Labute approximate surface area is 129 Å². The molecule has 0 aliphatic heterocycles. The van der Waals surface area contributed by atoms with Crippen LogP contribution in [-0.2, 0) is 4.79 Å². The number of aliphatic carboxylic acids is 1. The highest BCUT2D eigenvalue weighted by molar-refractivity contribution is 5.99. The van der Waals surface area contributed by atoms with E-state index in [1.807, 2.05) is 12.1 Å². The minimum Gasteiger partial charge on any atom is -0.478 e. The summed E-state index contributed by atoms with van der Waals surface area (Å²) in [7, 11) is 0. The van der Waals surface area contributed by atoms with Crippen molar-refractivity contribution in [1.29, 1.82) is 0 Å². The first-order valence-corrected chi connectivity index (χ1v) is 6.64. The van der Waals surface area contributed by atoms with E-state index in [0.717, 1.165) is 0 Å². The van der Waals surface area contributed by atoms with Gasteiger partial charge in [-0.3, -0.25) is 4.79 Å². The lowest BCUT2D eigenvalue weighted by molar-refractivity contribution is -0.132. The summed E-state index contributed by atoms with van der Waals surface area (Å²) in [6.45, 7) is 4.60. The highest BCUT2D eigenvalue weighted by atomic mass is 16.4. The number of aliphatic hydroxyl groups is 1. The molecule has 0 saturated carbocycles. The van der Waals surface area contributed by atoms with Crippen LogP contribution in [0.3, 0.4) is 0 Å². The van der Waals surface area contributed by atoms with Gasteiger partial charge in [0.05, 0.1) is 0 Å². The van der Waals surface area contributed by atoms with Crippen molar-refractivity contribution < 1.29 is 19.8 Å². The summed E-state index contributed by atoms with van der Waals surface area (Å²) in [6.07, 6.45) is -1.08. The van der Waals surface area contributed by atoms with Crippen molar-refractivity contribution in [3.05, 3.63) is 83.9 Å². The normalized spacial score (nSPS) is 10.8. The van der Waals surface area contributed by atoms with E-state index in [4.69, 9.17) is 5.11 Å². The van der Waals surface area contributed by atoms with E-state index < -0.39 is 12.1 Å². The number of benzene rings is 2. The zero-order valence-electron chi connectivity index (χ0n) is 12.3. The molecule has 0 aromatic heterocycles. The molecule has 4 heteroatoms. The Morgan fingerprint density at radius 1 is 0.955 bits per heavy atom. The van der Waals surface area contributed by atoms with Gasteiger partial charge in [0.25, 0.3) is 0 Å². The number of carboxylic acid groups (broad SMARTS) is 1. The molecule has 0 amide bonds. The number of rotatable bonds is 4. The van der Waals surface area contributed by atoms with Crippen molar-refractivity contribution in [3.8, 4) is 0 Å². The molecule has 0 saturated heterocycles. The maximum Gasteiger partial charge on any atom is 0.330 e. The number of ketones is 1. The van der Waals surface area contributed by atoms with E-state index in [0.29, 0.717) is 11.1 Å². The molecule has 0 bridgehead atoms. The fourth-order valence-corrected chi connectivity index (χ4v) is 1.55. The fraction of sp³-hybridized carbons (Fsp3) is 0.111. The zero-order valence-corrected chi connectivity index (χ0v) is 12.3. The molecular weight excluding hydrogens is 280 g/mol. The van der Waals surface area contributed by atoms with Gasteiger partial charge in [-0.05, 0) is 12.5 Å². The van der Waals surface area contributed by atoms with Crippen molar-refractivity contribution in [2.24, 2.45) is 0 Å². The first-order valence-electron chi connectivity index (χ1n) is 6.64. The number of carbonyl (C=O) groups excluding carboxylic acids is 1. The van der Waals surface area contributed by atoms with Crippen molar-refractivity contribution >= 4 is 11.8 Å². The predicted octanol–water partition coefficient (Wildman–Crippen LogP) is 3.25. The molecule has 2 rings (SSSR count). The average Bonchev–Trinajstić information content (AvgIpc) is 2.55. The second kappa shape index (κ2) is 8.54. The Bertz CT molecular complexity index is 621. The molecule has 0 radical (unpaired) electrons. The Morgan fingerprint density at radius 2 is 1.36 bits per heavy atom. The van der Waals surface area contributed by atoms with Crippen LogP contribution in [0.4, 0.5) is 0 Å². The molecule has 2 N–H and O–H groups in total. The van der Waals surface area contributed by atoms with Crippen LogP contribution in [0.15, 0.2) is 72.8 Å². The summed E-state index contributed by atoms with van der Waals surface area (Å²) < 4.78 is 0. The molecule has 1 atom stereocenters. The van der Waals surface area contributed by atoms with Gasteiger partial charge in [-0.25, -0.2) is 4.79 Å². The Kier molecular flexibility index (Phi) is 6.73. The SMILES string of the molecule is C=C(C)C(=O)O.O=C(c1ccccc1)C(O)c1ccccc1. The number of carbonyl (C=O) groups is 2. The molecule has 0 fully saturated rings. The maximum absolute atomic E-state index is 11.9. The first kappa shape index (κ1) is 17.3. The summed E-state index contributed by atoms with van der Waals surface area (Å²) in [6, 6.07) is 17.7. The fourth-order valence-electron chi connectivity index (χ4n) is 1.55. The molecular formula is C18H18O4. The zero-order chi connectivity index (χ0) is 16.5. The summed E-state index contributed by atoms with van der Waals surface area (Å²) in [4.78, 5) is 21.5. The number of carboxylic acids is 1. The third kappa shape index (κ3) is 5.34. The summed E-state index contributed by atoms with van der Waals surface area (Å²) >= 11 is 0. The lowest BCUT2D eigenvalue weighted by atomic mass is 10.0. The van der Waals surface area contributed by atoms with Gasteiger partial charge in [0.15, 0.2) is 5.78 Å². The van der Waals surface area contributed by atoms with Crippen molar-refractivity contribution in [2.75, 3.05) is 0 Å². The molecule has 0 aliphatic rings. The quantitative estimate of drug-likeness (QED) is 0.671. The largest absolute Gasteiger partial charge is 0.478 e.